The second kappa shape index (κ2) is 4.74. The maximum atomic E-state index is 4.39. The largest absolute Gasteiger partial charge is 0.227 e. The summed E-state index contributed by atoms with van der Waals surface area (Å²) >= 11 is 3.36. The number of rotatable bonds is 2. The molecule has 0 N–H and O–H groups in total. The molecule has 0 fully saturated rings. The van der Waals surface area contributed by atoms with E-state index in [0.717, 1.165) is 17.0 Å². The molecule has 1 aromatic heterocycles. The van der Waals surface area contributed by atoms with Gasteiger partial charge in [-0.05, 0) is 27.9 Å². The normalized spacial score (nSPS) is 10.8. The third kappa shape index (κ3) is 2.47. The predicted molar refractivity (Wildman–Crippen MR) is 69.3 cm³/mol. The highest BCUT2D eigenvalue weighted by Gasteiger charge is 2.07. The van der Waals surface area contributed by atoms with E-state index in [2.05, 4.69) is 51.9 Å². The molecule has 16 heavy (non-hydrogen) atoms. The van der Waals surface area contributed by atoms with E-state index < -0.39 is 0 Å². The van der Waals surface area contributed by atoms with Crippen LogP contribution in [0.15, 0.2) is 41.1 Å². The van der Waals surface area contributed by atoms with Gasteiger partial charge >= 0.3 is 0 Å². The molecule has 2 rings (SSSR count). The molecule has 2 aromatic rings. The van der Waals surface area contributed by atoms with Gasteiger partial charge in [-0.3, -0.25) is 0 Å². The molecule has 0 saturated carbocycles. The van der Waals surface area contributed by atoms with E-state index in [-0.39, 0.29) is 0 Å². The SMILES string of the molecule is CC(C)c1cc(-c2ccccc2)nc(Br)n1. The summed E-state index contributed by atoms with van der Waals surface area (Å²) in [5, 5.41) is 0. The quantitative estimate of drug-likeness (QED) is 0.774. The van der Waals surface area contributed by atoms with Crippen LogP contribution in [0.3, 0.4) is 0 Å². The molecule has 0 radical (unpaired) electrons. The van der Waals surface area contributed by atoms with Crippen LogP contribution in [0.1, 0.15) is 25.5 Å². The van der Waals surface area contributed by atoms with Crippen LogP contribution in [0.2, 0.25) is 0 Å². The van der Waals surface area contributed by atoms with Gasteiger partial charge in [0.1, 0.15) is 0 Å². The van der Waals surface area contributed by atoms with Crippen LogP contribution in [0.4, 0.5) is 0 Å². The zero-order valence-electron chi connectivity index (χ0n) is 9.31. The molecular formula is C13H13BrN2. The van der Waals surface area contributed by atoms with Crippen molar-refractivity contribution in [1.82, 2.24) is 9.97 Å². The van der Waals surface area contributed by atoms with Gasteiger partial charge in [0, 0.05) is 11.3 Å². The Morgan fingerprint density at radius 2 is 1.75 bits per heavy atom. The fourth-order valence-corrected chi connectivity index (χ4v) is 1.88. The van der Waals surface area contributed by atoms with Crippen molar-refractivity contribution < 1.29 is 0 Å². The predicted octanol–water partition coefficient (Wildman–Crippen LogP) is 4.03. The molecule has 3 heteroatoms. The molecule has 0 spiro atoms. The Bertz CT molecular complexity index is 481. The minimum Gasteiger partial charge on any atom is -0.227 e. The summed E-state index contributed by atoms with van der Waals surface area (Å²) in [7, 11) is 0. The van der Waals surface area contributed by atoms with Crippen molar-refractivity contribution >= 4 is 15.9 Å². The molecule has 0 aliphatic heterocycles. The first-order valence-corrected chi connectivity index (χ1v) is 6.06. The summed E-state index contributed by atoms with van der Waals surface area (Å²) in [6.45, 7) is 4.26. The Labute approximate surface area is 104 Å². The van der Waals surface area contributed by atoms with Gasteiger partial charge in [0.25, 0.3) is 0 Å². The van der Waals surface area contributed by atoms with Gasteiger partial charge in [-0.1, -0.05) is 44.2 Å². The number of benzene rings is 1. The van der Waals surface area contributed by atoms with Gasteiger partial charge in [0.2, 0.25) is 0 Å². The molecule has 1 heterocycles. The lowest BCUT2D eigenvalue weighted by molar-refractivity contribution is 0.808. The van der Waals surface area contributed by atoms with Crippen molar-refractivity contribution in [1.29, 1.82) is 0 Å². The summed E-state index contributed by atoms with van der Waals surface area (Å²) in [4.78, 5) is 8.76. The van der Waals surface area contributed by atoms with Gasteiger partial charge in [-0.2, -0.15) is 0 Å². The highest BCUT2D eigenvalue weighted by molar-refractivity contribution is 9.10. The molecule has 0 aliphatic carbocycles. The van der Waals surface area contributed by atoms with Gasteiger partial charge in [-0.15, -0.1) is 0 Å². The number of nitrogens with zero attached hydrogens (tertiary/aromatic N) is 2. The minimum absolute atomic E-state index is 0.404. The fourth-order valence-electron chi connectivity index (χ4n) is 1.49. The Hall–Kier alpha value is -1.22. The van der Waals surface area contributed by atoms with Gasteiger partial charge in [0.15, 0.2) is 4.73 Å². The van der Waals surface area contributed by atoms with E-state index in [9.17, 15) is 0 Å². The highest BCUT2D eigenvalue weighted by Crippen LogP contribution is 2.22. The van der Waals surface area contributed by atoms with Gasteiger partial charge in [-0.25, -0.2) is 9.97 Å². The molecule has 0 amide bonds. The first kappa shape index (κ1) is 11.3. The van der Waals surface area contributed by atoms with Crippen molar-refractivity contribution in [2.24, 2.45) is 0 Å². The lowest BCUT2D eigenvalue weighted by Crippen LogP contribution is -1.97. The summed E-state index contributed by atoms with van der Waals surface area (Å²) < 4.78 is 0.651. The van der Waals surface area contributed by atoms with E-state index in [1.807, 2.05) is 24.3 Å². The second-order valence-corrected chi connectivity index (χ2v) is 4.68. The molecule has 0 bridgehead atoms. The van der Waals surface area contributed by atoms with E-state index in [0.29, 0.717) is 10.7 Å². The van der Waals surface area contributed by atoms with Crippen LogP contribution in [-0.2, 0) is 0 Å². The van der Waals surface area contributed by atoms with Crippen molar-refractivity contribution in [2.75, 3.05) is 0 Å². The third-order valence-corrected chi connectivity index (χ3v) is 2.73. The van der Waals surface area contributed by atoms with Crippen LogP contribution in [-0.4, -0.2) is 9.97 Å². The average molecular weight is 277 g/mol. The minimum atomic E-state index is 0.404. The Morgan fingerprint density at radius 3 is 2.38 bits per heavy atom. The monoisotopic (exact) mass is 276 g/mol. The van der Waals surface area contributed by atoms with Crippen molar-refractivity contribution in [3.63, 3.8) is 0 Å². The zero-order valence-corrected chi connectivity index (χ0v) is 10.9. The third-order valence-electron chi connectivity index (χ3n) is 2.38. The molecule has 0 aliphatic rings. The molecule has 1 aromatic carbocycles. The maximum Gasteiger partial charge on any atom is 0.197 e. The van der Waals surface area contributed by atoms with E-state index >= 15 is 0 Å². The Balaban J connectivity index is 2.50. The maximum absolute atomic E-state index is 4.39. The smallest absolute Gasteiger partial charge is 0.197 e. The summed E-state index contributed by atoms with van der Waals surface area (Å²) in [6, 6.07) is 12.2. The zero-order chi connectivity index (χ0) is 11.5. The standard InChI is InChI=1S/C13H13BrN2/c1-9(2)11-8-12(16-13(14)15-11)10-6-4-3-5-7-10/h3-9H,1-2H3. The lowest BCUT2D eigenvalue weighted by atomic mass is 10.1. The Kier molecular flexibility index (Phi) is 3.34. The molecule has 0 atom stereocenters. The summed E-state index contributed by atoms with van der Waals surface area (Å²) in [5.74, 6) is 0.404. The molecule has 82 valence electrons. The van der Waals surface area contributed by atoms with Crippen molar-refractivity contribution in [2.45, 2.75) is 19.8 Å². The van der Waals surface area contributed by atoms with E-state index in [4.69, 9.17) is 0 Å². The molecular weight excluding hydrogens is 264 g/mol. The number of aromatic nitrogens is 2. The van der Waals surface area contributed by atoms with Crippen LogP contribution in [0, 0.1) is 0 Å². The summed E-state index contributed by atoms with van der Waals surface area (Å²) in [5.41, 5.74) is 3.14. The molecule has 2 nitrogen and oxygen atoms in total. The molecule has 0 unspecified atom stereocenters. The summed E-state index contributed by atoms with van der Waals surface area (Å²) in [6.07, 6.45) is 0. The van der Waals surface area contributed by atoms with Crippen molar-refractivity contribution in [3.8, 4) is 11.3 Å². The second-order valence-electron chi connectivity index (χ2n) is 3.97. The fraction of sp³-hybridized carbons (Fsp3) is 0.231. The van der Waals surface area contributed by atoms with Crippen molar-refractivity contribution in [3.05, 3.63) is 46.8 Å². The first-order valence-electron chi connectivity index (χ1n) is 5.26. The van der Waals surface area contributed by atoms with E-state index in [1.165, 1.54) is 0 Å². The first-order chi connectivity index (χ1) is 7.66. The van der Waals surface area contributed by atoms with Gasteiger partial charge in [0.05, 0.1) is 5.69 Å². The number of halogens is 1. The lowest BCUT2D eigenvalue weighted by Gasteiger charge is -2.07. The molecule has 0 saturated heterocycles. The van der Waals surface area contributed by atoms with Crippen LogP contribution in [0.25, 0.3) is 11.3 Å². The highest BCUT2D eigenvalue weighted by atomic mass is 79.9. The number of hydrogen-bond acceptors (Lipinski definition) is 2. The topological polar surface area (TPSA) is 25.8 Å². The number of hydrogen-bond donors (Lipinski definition) is 0. The van der Waals surface area contributed by atoms with Crippen LogP contribution < -0.4 is 0 Å². The Morgan fingerprint density at radius 1 is 1.06 bits per heavy atom. The average Bonchev–Trinajstić information content (AvgIpc) is 2.29. The van der Waals surface area contributed by atoms with Crippen LogP contribution in [0.5, 0.6) is 0 Å². The van der Waals surface area contributed by atoms with Gasteiger partial charge < -0.3 is 0 Å². The van der Waals surface area contributed by atoms with Crippen LogP contribution >= 0.6 is 15.9 Å². The van der Waals surface area contributed by atoms with E-state index in [1.54, 1.807) is 0 Å².